The number of carbonyl (C=O) groups is 1. The number of aliphatic hydroxyl groups is 1. The van der Waals surface area contributed by atoms with Crippen molar-refractivity contribution in [2.75, 3.05) is 31.6 Å². The summed E-state index contributed by atoms with van der Waals surface area (Å²) in [5.41, 5.74) is 1.71. The number of hydrogen-bond donors (Lipinski definition) is 2. The van der Waals surface area contributed by atoms with Crippen LogP contribution in [0.15, 0.2) is 18.5 Å². The van der Waals surface area contributed by atoms with Crippen LogP contribution >= 0.6 is 0 Å². The first kappa shape index (κ1) is 18.3. The van der Waals surface area contributed by atoms with Crippen LogP contribution in [-0.2, 0) is 11.2 Å². The standard InChI is InChI=1S/C18H26N6O2/c1-13-15(14(2)22-21-13)10-16(25)23(3)11-18(26)6-4-9-24(12-18)17-19-7-5-8-20-17/h5,7-8,26H,4,6,9-12H2,1-3H3,(H,21,22). The highest BCUT2D eigenvalue weighted by Crippen LogP contribution is 2.25. The monoisotopic (exact) mass is 358 g/mol. The summed E-state index contributed by atoms with van der Waals surface area (Å²) in [5, 5.41) is 18.1. The van der Waals surface area contributed by atoms with Gasteiger partial charge in [0, 0.05) is 37.2 Å². The van der Waals surface area contributed by atoms with E-state index < -0.39 is 5.60 Å². The van der Waals surface area contributed by atoms with Gasteiger partial charge in [-0.3, -0.25) is 9.89 Å². The van der Waals surface area contributed by atoms with Crippen LogP contribution in [0.3, 0.4) is 0 Å². The molecular weight excluding hydrogens is 332 g/mol. The van der Waals surface area contributed by atoms with Gasteiger partial charge in [-0.15, -0.1) is 0 Å². The molecule has 0 saturated carbocycles. The van der Waals surface area contributed by atoms with Gasteiger partial charge in [-0.1, -0.05) is 0 Å². The molecule has 3 rings (SSSR count). The number of aromatic nitrogens is 4. The van der Waals surface area contributed by atoms with E-state index in [4.69, 9.17) is 0 Å². The molecule has 0 radical (unpaired) electrons. The summed E-state index contributed by atoms with van der Waals surface area (Å²) >= 11 is 0. The third-order valence-corrected chi connectivity index (χ3v) is 4.96. The van der Waals surface area contributed by atoms with Crippen LogP contribution in [0.4, 0.5) is 5.95 Å². The Morgan fingerprint density at radius 1 is 1.38 bits per heavy atom. The summed E-state index contributed by atoms with van der Waals surface area (Å²) in [6.07, 6.45) is 5.16. The van der Waals surface area contributed by atoms with Crippen molar-refractivity contribution >= 4 is 11.9 Å². The second kappa shape index (κ2) is 7.41. The summed E-state index contributed by atoms with van der Waals surface area (Å²) < 4.78 is 0. The molecule has 26 heavy (non-hydrogen) atoms. The number of rotatable bonds is 5. The molecule has 1 saturated heterocycles. The fourth-order valence-corrected chi connectivity index (χ4v) is 3.52. The fraction of sp³-hybridized carbons (Fsp3) is 0.556. The first-order valence-electron chi connectivity index (χ1n) is 8.87. The smallest absolute Gasteiger partial charge is 0.226 e. The van der Waals surface area contributed by atoms with Gasteiger partial charge < -0.3 is 14.9 Å². The van der Waals surface area contributed by atoms with Crippen LogP contribution in [0, 0.1) is 13.8 Å². The lowest BCUT2D eigenvalue weighted by atomic mass is 9.92. The van der Waals surface area contributed by atoms with Gasteiger partial charge >= 0.3 is 0 Å². The number of likely N-dealkylation sites (N-methyl/N-ethyl adjacent to an activating group) is 1. The summed E-state index contributed by atoms with van der Waals surface area (Å²) in [7, 11) is 1.74. The predicted molar refractivity (Wildman–Crippen MR) is 97.8 cm³/mol. The van der Waals surface area contributed by atoms with Crippen molar-refractivity contribution in [2.45, 2.75) is 38.7 Å². The number of amides is 1. The molecule has 1 aliphatic heterocycles. The Labute approximate surface area is 153 Å². The van der Waals surface area contributed by atoms with Gasteiger partial charge in [-0.05, 0) is 32.8 Å². The normalized spacial score (nSPS) is 20.2. The highest BCUT2D eigenvalue weighted by molar-refractivity contribution is 5.79. The number of aromatic amines is 1. The van der Waals surface area contributed by atoms with Crippen molar-refractivity contribution < 1.29 is 9.90 Å². The molecule has 2 N–H and O–H groups in total. The Balaban J connectivity index is 1.64. The van der Waals surface area contributed by atoms with Crippen LogP contribution in [0.2, 0.25) is 0 Å². The number of H-pyrrole nitrogens is 1. The average Bonchev–Trinajstić information content (AvgIpc) is 2.94. The zero-order valence-corrected chi connectivity index (χ0v) is 15.6. The minimum atomic E-state index is -0.970. The van der Waals surface area contributed by atoms with Gasteiger partial charge in [0.25, 0.3) is 0 Å². The zero-order chi connectivity index (χ0) is 18.7. The number of β-amino-alcohol motifs (C(OH)–C–C–N with tert-alkyl or cyclic N) is 1. The number of piperidine rings is 1. The molecular formula is C18H26N6O2. The van der Waals surface area contributed by atoms with Crippen LogP contribution < -0.4 is 4.90 Å². The first-order valence-corrected chi connectivity index (χ1v) is 8.87. The third kappa shape index (κ3) is 4.01. The Hall–Kier alpha value is -2.48. The quantitative estimate of drug-likeness (QED) is 0.822. The van der Waals surface area contributed by atoms with Gasteiger partial charge in [-0.2, -0.15) is 5.10 Å². The lowest BCUT2D eigenvalue weighted by Crippen LogP contribution is -2.55. The zero-order valence-electron chi connectivity index (χ0n) is 15.6. The molecule has 2 aromatic heterocycles. The second-order valence-electron chi connectivity index (χ2n) is 7.14. The molecule has 2 aromatic rings. The third-order valence-electron chi connectivity index (χ3n) is 4.96. The summed E-state index contributed by atoms with van der Waals surface area (Å²) in [4.78, 5) is 24.7. The maximum Gasteiger partial charge on any atom is 0.226 e. The number of nitrogens with zero attached hydrogens (tertiary/aromatic N) is 5. The van der Waals surface area contributed by atoms with Crippen molar-refractivity contribution in [3.05, 3.63) is 35.4 Å². The van der Waals surface area contributed by atoms with E-state index in [1.807, 2.05) is 18.7 Å². The van der Waals surface area contributed by atoms with Gasteiger partial charge in [0.2, 0.25) is 11.9 Å². The van der Waals surface area contributed by atoms with Gasteiger partial charge in [0.1, 0.15) is 0 Å². The van der Waals surface area contributed by atoms with E-state index in [1.165, 1.54) is 0 Å². The molecule has 0 aromatic carbocycles. The fourth-order valence-electron chi connectivity index (χ4n) is 3.52. The van der Waals surface area contributed by atoms with Gasteiger partial charge in [0.15, 0.2) is 0 Å². The lowest BCUT2D eigenvalue weighted by molar-refractivity contribution is -0.132. The molecule has 8 heteroatoms. The number of anilines is 1. The highest BCUT2D eigenvalue weighted by atomic mass is 16.3. The molecule has 0 spiro atoms. The molecule has 1 fully saturated rings. The van der Waals surface area contributed by atoms with E-state index in [1.54, 1.807) is 30.4 Å². The van der Waals surface area contributed by atoms with Crippen LogP contribution in [0.5, 0.6) is 0 Å². The van der Waals surface area contributed by atoms with Crippen molar-refractivity contribution in [2.24, 2.45) is 0 Å². The van der Waals surface area contributed by atoms with E-state index in [9.17, 15) is 9.90 Å². The highest BCUT2D eigenvalue weighted by Gasteiger charge is 2.36. The molecule has 1 aliphatic rings. The number of carbonyl (C=O) groups excluding carboxylic acids is 1. The average molecular weight is 358 g/mol. The van der Waals surface area contributed by atoms with Crippen LogP contribution in [0.25, 0.3) is 0 Å². The molecule has 0 bridgehead atoms. The molecule has 1 atom stereocenters. The minimum absolute atomic E-state index is 0.0286. The Bertz CT molecular complexity index is 743. The number of hydrogen-bond acceptors (Lipinski definition) is 6. The maximum absolute atomic E-state index is 12.6. The number of aryl methyl sites for hydroxylation is 2. The van der Waals surface area contributed by atoms with Crippen molar-refractivity contribution in [1.29, 1.82) is 0 Å². The molecule has 3 heterocycles. The summed E-state index contributed by atoms with van der Waals surface area (Å²) in [5.74, 6) is 0.586. The predicted octanol–water partition coefficient (Wildman–Crippen LogP) is 0.849. The van der Waals surface area contributed by atoms with Crippen molar-refractivity contribution in [3.8, 4) is 0 Å². The molecule has 1 amide bonds. The molecule has 140 valence electrons. The Morgan fingerprint density at radius 3 is 2.77 bits per heavy atom. The van der Waals surface area contributed by atoms with E-state index >= 15 is 0 Å². The Morgan fingerprint density at radius 2 is 2.12 bits per heavy atom. The van der Waals surface area contributed by atoms with Gasteiger partial charge in [0.05, 0.1) is 30.8 Å². The van der Waals surface area contributed by atoms with Crippen LogP contribution in [0.1, 0.15) is 29.8 Å². The van der Waals surface area contributed by atoms with Gasteiger partial charge in [-0.25, -0.2) is 9.97 Å². The summed E-state index contributed by atoms with van der Waals surface area (Å²) in [6, 6.07) is 1.77. The summed E-state index contributed by atoms with van der Waals surface area (Å²) in [6.45, 7) is 5.30. The first-order chi connectivity index (χ1) is 12.4. The second-order valence-corrected chi connectivity index (χ2v) is 7.14. The van der Waals surface area contributed by atoms with E-state index in [0.717, 1.165) is 29.9 Å². The maximum atomic E-state index is 12.6. The topological polar surface area (TPSA) is 98.2 Å². The molecule has 1 unspecified atom stereocenters. The van der Waals surface area contributed by atoms with Crippen molar-refractivity contribution in [3.63, 3.8) is 0 Å². The number of nitrogens with one attached hydrogen (secondary N) is 1. The van der Waals surface area contributed by atoms with Crippen LogP contribution in [-0.4, -0.2) is 68.4 Å². The molecule has 8 nitrogen and oxygen atoms in total. The van der Waals surface area contributed by atoms with Crippen molar-refractivity contribution in [1.82, 2.24) is 25.1 Å². The SMILES string of the molecule is Cc1n[nH]c(C)c1CC(=O)N(C)CC1(O)CCCN(c2ncccn2)C1. The largest absolute Gasteiger partial charge is 0.386 e. The van der Waals surface area contributed by atoms with E-state index in [0.29, 0.717) is 18.9 Å². The molecule has 0 aliphatic carbocycles. The van der Waals surface area contributed by atoms with E-state index in [-0.39, 0.29) is 18.9 Å². The van der Waals surface area contributed by atoms with E-state index in [2.05, 4.69) is 20.2 Å². The Kier molecular flexibility index (Phi) is 5.22. The lowest BCUT2D eigenvalue weighted by Gasteiger charge is -2.41. The minimum Gasteiger partial charge on any atom is -0.386 e.